The fourth-order valence-corrected chi connectivity index (χ4v) is 2.76. The molecule has 1 aliphatic heterocycles. The van der Waals surface area contributed by atoms with Crippen molar-refractivity contribution in [2.45, 2.75) is 25.4 Å². The molecule has 1 fully saturated rings. The summed E-state index contributed by atoms with van der Waals surface area (Å²) in [6, 6.07) is 7.18. The number of aromatic nitrogens is 1. The van der Waals surface area contributed by atoms with Gasteiger partial charge in [0, 0.05) is 38.4 Å². The van der Waals surface area contributed by atoms with E-state index in [4.69, 9.17) is 0 Å². The molecule has 0 aromatic carbocycles. The van der Waals surface area contributed by atoms with E-state index in [0.717, 1.165) is 32.6 Å². The molecule has 0 radical (unpaired) electrons. The predicted molar refractivity (Wildman–Crippen MR) is 79.2 cm³/mol. The summed E-state index contributed by atoms with van der Waals surface area (Å²) in [7, 11) is 4.29. The van der Waals surface area contributed by atoms with Crippen molar-refractivity contribution in [1.82, 2.24) is 20.1 Å². The van der Waals surface area contributed by atoms with Crippen LogP contribution in [0.15, 0.2) is 24.4 Å². The highest BCUT2D eigenvalue weighted by Gasteiger charge is 2.23. The molecule has 4 nitrogen and oxygen atoms in total. The van der Waals surface area contributed by atoms with Gasteiger partial charge < -0.3 is 10.2 Å². The van der Waals surface area contributed by atoms with Gasteiger partial charge in [-0.15, -0.1) is 0 Å². The largest absolute Gasteiger partial charge is 0.314 e. The van der Waals surface area contributed by atoms with Crippen LogP contribution < -0.4 is 5.32 Å². The van der Waals surface area contributed by atoms with Crippen LogP contribution >= 0.6 is 0 Å². The number of rotatable bonds is 5. The van der Waals surface area contributed by atoms with E-state index in [1.54, 1.807) is 0 Å². The van der Waals surface area contributed by atoms with Gasteiger partial charge in [-0.1, -0.05) is 6.07 Å². The lowest BCUT2D eigenvalue weighted by atomic mass is 10.0. The molecule has 2 heterocycles. The van der Waals surface area contributed by atoms with Crippen LogP contribution in [0.1, 0.15) is 25.1 Å². The topological polar surface area (TPSA) is 31.4 Å². The van der Waals surface area contributed by atoms with Crippen molar-refractivity contribution in [2.75, 3.05) is 40.3 Å². The van der Waals surface area contributed by atoms with E-state index in [1.165, 1.54) is 5.69 Å². The van der Waals surface area contributed by atoms with Crippen molar-refractivity contribution in [3.05, 3.63) is 30.1 Å². The molecule has 106 valence electrons. The zero-order valence-electron chi connectivity index (χ0n) is 12.3. The minimum atomic E-state index is 0.395. The SMILES string of the molecule is CC(CC(c1ccccn1)N(C)C)N1CCNCC1. The van der Waals surface area contributed by atoms with Gasteiger partial charge in [-0.2, -0.15) is 0 Å². The zero-order valence-corrected chi connectivity index (χ0v) is 12.3. The van der Waals surface area contributed by atoms with Gasteiger partial charge in [0.15, 0.2) is 0 Å². The zero-order chi connectivity index (χ0) is 13.7. The first-order chi connectivity index (χ1) is 9.18. The van der Waals surface area contributed by atoms with Gasteiger partial charge in [-0.3, -0.25) is 9.88 Å². The third kappa shape index (κ3) is 4.00. The maximum atomic E-state index is 4.53. The fourth-order valence-electron chi connectivity index (χ4n) is 2.76. The molecule has 0 spiro atoms. The minimum Gasteiger partial charge on any atom is -0.314 e. The highest BCUT2D eigenvalue weighted by atomic mass is 15.2. The Kier molecular flexibility index (Phi) is 5.31. The van der Waals surface area contributed by atoms with Crippen molar-refractivity contribution < 1.29 is 0 Å². The molecule has 1 aromatic heterocycles. The normalized spacial score (nSPS) is 20.4. The van der Waals surface area contributed by atoms with Gasteiger partial charge in [0.1, 0.15) is 0 Å². The molecule has 1 aromatic rings. The number of pyridine rings is 1. The predicted octanol–water partition coefficient (Wildman–Crippen LogP) is 1.37. The molecule has 1 saturated heterocycles. The van der Waals surface area contributed by atoms with E-state index in [9.17, 15) is 0 Å². The summed E-state index contributed by atoms with van der Waals surface area (Å²) in [4.78, 5) is 9.38. The van der Waals surface area contributed by atoms with Crippen molar-refractivity contribution >= 4 is 0 Å². The molecule has 0 saturated carbocycles. The number of piperazine rings is 1. The quantitative estimate of drug-likeness (QED) is 0.868. The Bertz CT molecular complexity index is 360. The summed E-state index contributed by atoms with van der Waals surface area (Å²) in [5.41, 5.74) is 1.18. The van der Waals surface area contributed by atoms with Crippen LogP contribution in [0, 0.1) is 0 Å². The Morgan fingerprint density at radius 2 is 2.05 bits per heavy atom. The van der Waals surface area contributed by atoms with Crippen LogP contribution in [0.25, 0.3) is 0 Å². The third-order valence-corrected chi connectivity index (χ3v) is 3.99. The van der Waals surface area contributed by atoms with Crippen LogP contribution in [-0.4, -0.2) is 61.1 Å². The van der Waals surface area contributed by atoms with Crippen molar-refractivity contribution in [2.24, 2.45) is 0 Å². The van der Waals surface area contributed by atoms with Crippen LogP contribution in [0.3, 0.4) is 0 Å². The average Bonchev–Trinajstić information content (AvgIpc) is 2.46. The summed E-state index contributed by atoms with van der Waals surface area (Å²) in [6.07, 6.45) is 3.02. The first kappa shape index (κ1) is 14.4. The van der Waals surface area contributed by atoms with E-state index >= 15 is 0 Å². The molecule has 2 rings (SSSR count). The summed E-state index contributed by atoms with van der Waals surface area (Å²) in [5.74, 6) is 0. The lowest BCUT2D eigenvalue weighted by Gasteiger charge is -2.36. The van der Waals surface area contributed by atoms with Crippen molar-refractivity contribution in [3.63, 3.8) is 0 Å². The molecular weight excluding hydrogens is 236 g/mol. The van der Waals surface area contributed by atoms with Gasteiger partial charge in [0.2, 0.25) is 0 Å². The molecule has 1 aliphatic rings. The summed E-state index contributed by atoms with van der Waals surface area (Å²) in [5, 5.41) is 3.41. The number of nitrogens with one attached hydrogen (secondary N) is 1. The molecule has 0 amide bonds. The van der Waals surface area contributed by atoms with Crippen LogP contribution in [0.2, 0.25) is 0 Å². The van der Waals surface area contributed by atoms with Crippen molar-refractivity contribution in [1.29, 1.82) is 0 Å². The van der Waals surface area contributed by atoms with Crippen molar-refractivity contribution in [3.8, 4) is 0 Å². The molecule has 2 unspecified atom stereocenters. The van der Waals surface area contributed by atoms with Crippen LogP contribution in [-0.2, 0) is 0 Å². The lowest BCUT2D eigenvalue weighted by molar-refractivity contribution is 0.142. The van der Waals surface area contributed by atoms with E-state index in [0.29, 0.717) is 12.1 Å². The maximum Gasteiger partial charge on any atom is 0.0575 e. The first-order valence-corrected chi connectivity index (χ1v) is 7.20. The van der Waals surface area contributed by atoms with Gasteiger partial charge in [-0.05, 0) is 39.6 Å². The summed E-state index contributed by atoms with van der Waals surface area (Å²) in [6.45, 7) is 6.87. The molecule has 0 aliphatic carbocycles. The van der Waals surface area contributed by atoms with Gasteiger partial charge >= 0.3 is 0 Å². The Morgan fingerprint density at radius 1 is 1.32 bits per heavy atom. The third-order valence-electron chi connectivity index (χ3n) is 3.99. The molecule has 19 heavy (non-hydrogen) atoms. The van der Waals surface area contributed by atoms with E-state index < -0.39 is 0 Å². The number of nitrogens with zero attached hydrogens (tertiary/aromatic N) is 3. The Morgan fingerprint density at radius 3 is 2.63 bits per heavy atom. The lowest BCUT2D eigenvalue weighted by Crippen LogP contribution is -2.48. The smallest absolute Gasteiger partial charge is 0.0575 e. The van der Waals surface area contributed by atoms with E-state index in [2.05, 4.69) is 53.3 Å². The summed E-state index contributed by atoms with van der Waals surface area (Å²) >= 11 is 0. The van der Waals surface area contributed by atoms with Crippen LogP contribution in [0.5, 0.6) is 0 Å². The van der Waals surface area contributed by atoms with E-state index in [-0.39, 0.29) is 0 Å². The fraction of sp³-hybridized carbons (Fsp3) is 0.667. The second kappa shape index (κ2) is 6.98. The van der Waals surface area contributed by atoms with Crippen LogP contribution in [0.4, 0.5) is 0 Å². The Balaban J connectivity index is 2.00. The highest BCUT2D eigenvalue weighted by molar-refractivity contribution is 5.09. The Labute approximate surface area is 116 Å². The first-order valence-electron chi connectivity index (χ1n) is 7.20. The monoisotopic (exact) mass is 262 g/mol. The second-order valence-electron chi connectivity index (χ2n) is 5.60. The maximum absolute atomic E-state index is 4.53. The molecule has 1 N–H and O–H groups in total. The Hall–Kier alpha value is -0.970. The number of hydrogen-bond donors (Lipinski definition) is 1. The van der Waals surface area contributed by atoms with Gasteiger partial charge in [0.05, 0.1) is 11.7 Å². The average molecular weight is 262 g/mol. The molecule has 4 heteroatoms. The van der Waals surface area contributed by atoms with Gasteiger partial charge in [-0.25, -0.2) is 0 Å². The standard InChI is InChI=1S/C15H26N4/c1-13(19-10-8-16-9-11-19)12-15(18(2)3)14-6-4-5-7-17-14/h4-7,13,15-16H,8-12H2,1-3H3. The summed E-state index contributed by atoms with van der Waals surface area (Å²) < 4.78 is 0. The second-order valence-corrected chi connectivity index (χ2v) is 5.60. The molecule has 0 bridgehead atoms. The molecular formula is C15H26N4. The molecule has 2 atom stereocenters. The number of hydrogen-bond acceptors (Lipinski definition) is 4. The van der Waals surface area contributed by atoms with Gasteiger partial charge in [0.25, 0.3) is 0 Å². The highest BCUT2D eigenvalue weighted by Crippen LogP contribution is 2.23. The minimum absolute atomic E-state index is 0.395. The van der Waals surface area contributed by atoms with E-state index in [1.807, 2.05) is 12.3 Å².